The lowest BCUT2D eigenvalue weighted by atomic mass is 10.0. The number of morpholine rings is 1. The predicted octanol–water partition coefficient (Wildman–Crippen LogP) is -3.44. The maximum atomic E-state index is 13.2. The molecule has 4 aliphatic heterocycles. The molecule has 2 amide bonds. The van der Waals surface area contributed by atoms with Crippen LogP contribution in [-0.4, -0.2) is 140 Å². The van der Waals surface area contributed by atoms with E-state index in [-0.39, 0.29) is 50.5 Å². The van der Waals surface area contributed by atoms with Crippen LogP contribution >= 0.6 is 0 Å². The van der Waals surface area contributed by atoms with Gasteiger partial charge in [-0.2, -0.15) is 4.31 Å². The molecular formula is C19H32N4O8S. The van der Waals surface area contributed by atoms with Crippen LogP contribution in [0.4, 0.5) is 0 Å². The van der Waals surface area contributed by atoms with Gasteiger partial charge in [-0.15, -0.1) is 0 Å². The van der Waals surface area contributed by atoms with Gasteiger partial charge < -0.3 is 29.9 Å². The summed E-state index contributed by atoms with van der Waals surface area (Å²) in [5, 5.41) is 23.7. The number of hydrogen-bond acceptors (Lipinski definition) is 9. The highest BCUT2D eigenvalue weighted by Gasteiger charge is 2.46. The number of fused-ring (bicyclic) bond motifs is 6. The maximum Gasteiger partial charge on any atom is 0.240 e. The molecule has 4 saturated heterocycles. The summed E-state index contributed by atoms with van der Waals surface area (Å²) in [5.41, 5.74) is 0. The molecule has 0 aromatic rings. The van der Waals surface area contributed by atoms with Crippen LogP contribution in [0.2, 0.25) is 0 Å². The van der Waals surface area contributed by atoms with Gasteiger partial charge in [0, 0.05) is 38.8 Å². The molecule has 7 atom stereocenters. The van der Waals surface area contributed by atoms with E-state index in [1.165, 1.54) is 0 Å². The van der Waals surface area contributed by atoms with Gasteiger partial charge in [0.2, 0.25) is 21.8 Å². The lowest BCUT2D eigenvalue weighted by Gasteiger charge is -2.37. The van der Waals surface area contributed by atoms with Crippen molar-refractivity contribution in [3.8, 4) is 0 Å². The summed E-state index contributed by atoms with van der Waals surface area (Å²) < 4.78 is 37.5. The highest BCUT2D eigenvalue weighted by atomic mass is 32.2. The molecule has 0 spiro atoms. The molecule has 6 bridgehead atoms. The first-order chi connectivity index (χ1) is 15.0. The molecule has 0 unspecified atom stereocenters. The third-order valence-corrected chi connectivity index (χ3v) is 7.99. The Morgan fingerprint density at radius 3 is 2.50 bits per heavy atom. The quantitative estimate of drug-likeness (QED) is 0.351. The number of amides is 2. The molecule has 4 rings (SSSR count). The summed E-state index contributed by atoms with van der Waals surface area (Å²) in [7, 11) is -1.87. The summed E-state index contributed by atoms with van der Waals surface area (Å²) in [6.07, 6.45) is -3.80. The summed E-state index contributed by atoms with van der Waals surface area (Å²) in [4.78, 5) is 29.3. The van der Waals surface area contributed by atoms with Gasteiger partial charge in [0.1, 0.15) is 18.3 Å². The zero-order chi connectivity index (χ0) is 23.2. The van der Waals surface area contributed by atoms with Crippen molar-refractivity contribution in [3.63, 3.8) is 0 Å². The number of ether oxygens (including phenoxy) is 2. The van der Waals surface area contributed by atoms with Crippen LogP contribution < -0.4 is 5.32 Å². The average molecular weight is 477 g/mol. The molecule has 0 saturated carbocycles. The fourth-order valence-corrected chi connectivity index (χ4v) is 5.88. The number of aliphatic hydroxyl groups is 2. The van der Waals surface area contributed by atoms with E-state index in [1.54, 1.807) is 4.90 Å². The van der Waals surface area contributed by atoms with Crippen LogP contribution in [0.1, 0.15) is 12.8 Å². The second-order valence-electron chi connectivity index (χ2n) is 9.21. The number of rotatable bonds is 1. The molecule has 13 heteroatoms. The fraction of sp³-hybridized carbons (Fsp3) is 0.895. The largest absolute Gasteiger partial charge is 0.388 e. The van der Waals surface area contributed by atoms with Gasteiger partial charge in [-0.1, -0.05) is 0 Å². The highest BCUT2D eigenvalue weighted by molar-refractivity contribution is 7.88. The van der Waals surface area contributed by atoms with E-state index >= 15 is 0 Å². The third-order valence-electron chi connectivity index (χ3n) is 6.76. The Bertz CT molecular complexity index is 841. The molecule has 12 nitrogen and oxygen atoms in total. The third kappa shape index (κ3) is 4.93. The van der Waals surface area contributed by atoms with Crippen LogP contribution in [0.15, 0.2) is 0 Å². The molecule has 182 valence electrons. The molecule has 0 aromatic carbocycles. The standard InChI is InChI=1S/C19H32N4O8S/c1-21-7-11-5-13(21)19(27)22-3-4-30-12(8-22)9-23(32(2,28)29)10-15-18(26)17(25)14(31-15)6-16(24)20-11/h11-15,17-18,25-26H,3-10H2,1-2H3,(H,20,24)/t11-,12-,13-,14-,15+,17-,18+/m0/s1. The fourth-order valence-electron chi connectivity index (χ4n) is 5.02. The predicted molar refractivity (Wildman–Crippen MR) is 111 cm³/mol. The first kappa shape index (κ1) is 23.8. The maximum absolute atomic E-state index is 13.2. The van der Waals surface area contributed by atoms with E-state index in [4.69, 9.17) is 9.47 Å². The van der Waals surface area contributed by atoms with Crippen LogP contribution in [0.3, 0.4) is 0 Å². The van der Waals surface area contributed by atoms with Crippen molar-refractivity contribution in [2.45, 2.75) is 55.4 Å². The van der Waals surface area contributed by atoms with Gasteiger partial charge in [0.15, 0.2) is 0 Å². The highest BCUT2D eigenvalue weighted by Crippen LogP contribution is 2.27. The van der Waals surface area contributed by atoms with Gasteiger partial charge in [-0.05, 0) is 13.5 Å². The molecule has 0 radical (unpaired) electrons. The van der Waals surface area contributed by atoms with Crippen LogP contribution in [0.5, 0.6) is 0 Å². The summed E-state index contributed by atoms with van der Waals surface area (Å²) >= 11 is 0. The van der Waals surface area contributed by atoms with Gasteiger partial charge in [-0.25, -0.2) is 8.42 Å². The molecule has 4 aliphatic rings. The Hall–Kier alpha value is -1.35. The topological polar surface area (TPSA) is 149 Å². The van der Waals surface area contributed by atoms with Gasteiger partial charge >= 0.3 is 0 Å². The SMILES string of the molecule is CN1C[C@@H]2C[C@H]1C(=O)N1CCO[C@@H](C1)CN(S(C)(=O)=O)C[C@H]1O[C@@H](CC(=O)N2)[C@H](O)[C@@H]1O. The summed E-state index contributed by atoms with van der Waals surface area (Å²) in [6, 6.07) is -0.608. The summed E-state index contributed by atoms with van der Waals surface area (Å²) in [5.74, 6) is -0.420. The van der Waals surface area contributed by atoms with E-state index < -0.39 is 46.6 Å². The van der Waals surface area contributed by atoms with Crippen molar-refractivity contribution in [3.05, 3.63) is 0 Å². The van der Waals surface area contributed by atoms with Gasteiger partial charge in [0.05, 0.1) is 37.5 Å². The zero-order valence-electron chi connectivity index (χ0n) is 18.3. The number of likely N-dealkylation sites (N-methyl/N-ethyl adjacent to an activating group) is 1. The molecule has 4 heterocycles. The molecule has 0 aliphatic carbocycles. The van der Waals surface area contributed by atoms with Crippen molar-refractivity contribution >= 4 is 21.8 Å². The first-order valence-electron chi connectivity index (χ1n) is 10.9. The van der Waals surface area contributed by atoms with Crippen LogP contribution in [0, 0.1) is 0 Å². The van der Waals surface area contributed by atoms with E-state index in [2.05, 4.69) is 5.32 Å². The molecule has 3 N–H and O–H groups in total. The minimum Gasteiger partial charge on any atom is -0.388 e. The van der Waals surface area contributed by atoms with Crippen molar-refractivity contribution in [2.75, 3.05) is 52.6 Å². The number of aliphatic hydroxyl groups excluding tert-OH is 2. The minimum atomic E-state index is -3.70. The number of carbonyl (C=O) groups excluding carboxylic acids is 2. The summed E-state index contributed by atoms with van der Waals surface area (Å²) in [6.45, 7) is 1.24. The normalized spacial score (nSPS) is 40.5. The molecular weight excluding hydrogens is 444 g/mol. The average Bonchev–Trinajstić information content (AvgIpc) is 3.20. The molecule has 32 heavy (non-hydrogen) atoms. The van der Waals surface area contributed by atoms with Crippen molar-refractivity contribution in [1.82, 2.24) is 19.4 Å². The van der Waals surface area contributed by atoms with E-state index in [1.807, 2.05) is 11.9 Å². The Labute approximate surface area is 187 Å². The van der Waals surface area contributed by atoms with E-state index in [0.29, 0.717) is 19.5 Å². The van der Waals surface area contributed by atoms with Crippen molar-refractivity contribution in [1.29, 1.82) is 0 Å². The van der Waals surface area contributed by atoms with Crippen molar-refractivity contribution in [2.24, 2.45) is 0 Å². The van der Waals surface area contributed by atoms with E-state index in [0.717, 1.165) is 10.6 Å². The minimum absolute atomic E-state index is 0.0143. The second-order valence-corrected chi connectivity index (χ2v) is 11.2. The smallest absolute Gasteiger partial charge is 0.240 e. The Balaban J connectivity index is 1.61. The Kier molecular flexibility index (Phi) is 6.78. The lowest BCUT2D eigenvalue weighted by Crippen LogP contribution is -2.55. The van der Waals surface area contributed by atoms with Crippen molar-refractivity contribution < 1.29 is 37.7 Å². The number of nitrogens with zero attached hydrogens (tertiary/aromatic N) is 3. The number of likely N-dealkylation sites (tertiary alicyclic amines) is 1. The number of hydrogen-bond donors (Lipinski definition) is 3. The van der Waals surface area contributed by atoms with E-state index in [9.17, 15) is 28.2 Å². The van der Waals surface area contributed by atoms with Gasteiger partial charge in [0.25, 0.3) is 0 Å². The monoisotopic (exact) mass is 476 g/mol. The number of sulfonamides is 1. The Morgan fingerprint density at radius 2 is 1.78 bits per heavy atom. The van der Waals surface area contributed by atoms with Crippen LogP contribution in [-0.2, 0) is 29.1 Å². The lowest BCUT2D eigenvalue weighted by molar-refractivity contribution is -0.143. The molecule has 4 fully saturated rings. The molecule has 0 aromatic heterocycles. The zero-order valence-corrected chi connectivity index (χ0v) is 19.1. The Morgan fingerprint density at radius 1 is 1.06 bits per heavy atom. The van der Waals surface area contributed by atoms with Gasteiger partial charge in [-0.3, -0.25) is 14.5 Å². The number of carbonyl (C=O) groups is 2. The second kappa shape index (κ2) is 9.12. The van der Waals surface area contributed by atoms with Crippen LogP contribution in [0.25, 0.3) is 0 Å². The first-order valence-corrected chi connectivity index (χ1v) is 12.7. The number of nitrogens with one attached hydrogen (secondary N) is 1.